The predicted octanol–water partition coefficient (Wildman–Crippen LogP) is 0.807. The lowest BCUT2D eigenvalue weighted by Crippen LogP contribution is -2.48. The lowest BCUT2D eigenvalue weighted by molar-refractivity contribution is 0.0636. The average molecular weight is 235 g/mol. The molecule has 0 aliphatic carbocycles. The zero-order chi connectivity index (χ0) is 11.8. The highest BCUT2D eigenvalue weighted by molar-refractivity contribution is 5.92. The maximum Gasteiger partial charge on any atom is 0.291 e. The molecule has 3 rings (SSSR count). The summed E-state index contributed by atoms with van der Waals surface area (Å²) >= 11 is 0. The molecule has 2 unspecified atom stereocenters. The van der Waals surface area contributed by atoms with Gasteiger partial charge >= 0.3 is 0 Å². The Morgan fingerprint density at radius 1 is 1.59 bits per heavy atom. The van der Waals surface area contributed by atoms with Crippen molar-refractivity contribution in [2.45, 2.75) is 25.8 Å². The third kappa shape index (κ3) is 1.84. The lowest BCUT2D eigenvalue weighted by Gasteiger charge is -2.34. The van der Waals surface area contributed by atoms with Crippen LogP contribution in [0.25, 0.3) is 0 Å². The summed E-state index contributed by atoms with van der Waals surface area (Å²) in [5.41, 5.74) is 0.677. The fraction of sp³-hybridized carbons (Fsp3) is 0.667. The fourth-order valence-corrected chi connectivity index (χ4v) is 2.87. The average Bonchev–Trinajstić information content (AvgIpc) is 2.95. The number of piperidine rings is 1. The molecule has 1 aromatic rings. The normalized spacial score (nSPS) is 28.2. The molecule has 2 atom stereocenters. The van der Waals surface area contributed by atoms with Gasteiger partial charge in [0.1, 0.15) is 0 Å². The van der Waals surface area contributed by atoms with E-state index in [1.165, 1.54) is 12.8 Å². The number of oxazole rings is 1. The van der Waals surface area contributed by atoms with Crippen molar-refractivity contribution in [1.29, 1.82) is 0 Å². The van der Waals surface area contributed by atoms with Gasteiger partial charge in [-0.15, -0.1) is 0 Å². The summed E-state index contributed by atoms with van der Waals surface area (Å²) in [6.45, 7) is 4.52. The molecule has 0 saturated carbocycles. The van der Waals surface area contributed by atoms with Crippen LogP contribution in [0, 0.1) is 12.8 Å². The standard InChI is InChI=1S/C12H17N3O2/c1-8-11(17-7-14-8)12(16)15-5-3-9-2-4-13-10(9)6-15/h7,9-10,13H,2-6H2,1H3. The van der Waals surface area contributed by atoms with Crippen molar-refractivity contribution in [1.82, 2.24) is 15.2 Å². The van der Waals surface area contributed by atoms with Gasteiger partial charge in [-0.1, -0.05) is 0 Å². The van der Waals surface area contributed by atoms with Crippen LogP contribution >= 0.6 is 0 Å². The number of amides is 1. The number of aryl methyl sites for hydroxylation is 1. The zero-order valence-electron chi connectivity index (χ0n) is 9.98. The van der Waals surface area contributed by atoms with E-state index in [1.54, 1.807) is 6.92 Å². The van der Waals surface area contributed by atoms with Gasteiger partial charge in [-0.05, 0) is 32.2 Å². The van der Waals surface area contributed by atoms with Gasteiger partial charge < -0.3 is 14.6 Å². The third-order valence-electron chi connectivity index (χ3n) is 3.90. The number of likely N-dealkylation sites (tertiary alicyclic amines) is 1. The maximum absolute atomic E-state index is 12.2. The highest BCUT2D eigenvalue weighted by atomic mass is 16.3. The first kappa shape index (κ1) is 10.8. The number of rotatable bonds is 1. The van der Waals surface area contributed by atoms with Gasteiger partial charge in [0.05, 0.1) is 5.69 Å². The van der Waals surface area contributed by atoms with Crippen molar-refractivity contribution >= 4 is 5.91 Å². The van der Waals surface area contributed by atoms with E-state index >= 15 is 0 Å². The highest BCUT2D eigenvalue weighted by Crippen LogP contribution is 2.26. The molecule has 92 valence electrons. The summed E-state index contributed by atoms with van der Waals surface area (Å²) in [6, 6.07) is 0.468. The van der Waals surface area contributed by atoms with E-state index in [4.69, 9.17) is 4.42 Å². The number of hydrogen-bond donors (Lipinski definition) is 1. The molecule has 3 heterocycles. The van der Waals surface area contributed by atoms with Crippen molar-refractivity contribution in [3.05, 3.63) is 17.8 Å². The number of aromatic nitrogens is 1. The first-order valence-corrected chi connectivity index (χ1v) is 6.18. The van der Waals surface area contributed by atoms with Gasteiger partial charge in [-0.25, -0.2) is 4.98 Å². The number of nitrogens with one attached hydrogen (secondary N) is 1. The molecule has 1 amide bonds. The molecule has 5 nitrogen and oxygen atoms in total. The van der Waals surface area contributed by atoms with E-state index in [0.717, 1.165) is 32.0 Å². The molecule has 1 aromatic heterocycles. The lowest BCUT2D eigenvalue weighted by atomic mass is 9.92. The van der Waals surface area contributed by atoms with Gasteiger partial charge in [0.25, 0.3) is 5.91 Å². The van der Waals surface area contributed by atoms with Gasteiger partial charge in [-0.3, -0.25) is 4.79 Å². The summed E-state index contributed by atoms with van der Waals surface area (Å²) in [4.78, 5) is 18.1. The van der Waals surface area contributed by atoms with E-state index in [1.807, 2.05) is 4.90 Å². The quantitative estimate of drug-likeness (QED) is 0.782. The zero-order valence-corrected chi connectivity index (χ0v) is 9.98. The van der Waals surface area contributed by atoms with Crippen LogP contribution in [0.5, 0.6) is 0 Å². The van der Waals surface area contributed by atoms with E-state index in [-0.39, 0.29) is 5.91 Å². The van der Waals surface area contributed by atoms with E-state index < -0.39 is 0 Å². The minimum Gasteiger partial charge on any atom is -0.438 e. The number of carbonyl (C=O) groups is 1. The Morgan fingerprint density at radius 2 is 2.47 bits per heavy atom. The number of hydrogen-bond acceptors (Lipinski definition) is 4. The van der Waals surface area contributed by atoms with Crippen molar-refractivity contribution < 1.29 is 9.21 Å². The molecular formula is C12H17N3O2. The summed E-state index contributed by atoms with van der Waals surface area (Å²) in [5.74, 6) is 1.11. The van der Waals surface area contributed by atoms with Gasteiger partial charge in [0.2, 0.25) is 5.76 Å². The molecule has 2 fully saturated rings. The largest absolute Gasteiger partial charge is 0.438 e. The molecule has 2 saturated heterocycles. The molecule has 0 bridgehead atoms. The Labute approximate surface area is 100 Å². The van der Waals surface area contributed by atoms with Crippen LogP contribution in [0.15, 0.2) is 10.8 Å². The van der Waals surface area contributed by atoms with E-state index in [0.29, 0.717) is 17.5 Å². The second-order valence-corrected chi connectivity index (χ2v) is 4.92. The molecule has 5 heteroatoms. The van der Waals surface area contributed by atoms with Crippen LogP contribution in [-0.2, 0) is 0 Å². The monoisotopic (exact) mass is 235 g/mol. The number of nitrogens with zero attached hydrogens (tertiary/aromatic N) is 2. The summed E-state index contributed by atoms with van der Waals surface area (Å²) in [7, 11) is 0. The molecule has 17 heavy (non-hydrogen) atoms. The van der Waals surface area contributed by atoms with Gasteiger partial charge in [0, 0.05) is 19.1 Å². The second-order valence-electron chi connectivity index (χ2n) is 4.92. The topological polar surface area (TPSA) is 58.4 Å². The molecule has 0 radical (unpaired) electrons. The van der Waals surface area contributed by atoms with Crippen molar-refractivity contribution in [3.8, 4) is 0 Å². The summed E-state index contributed by atoms with van der Waals surface area (Å²) in [6.07, 6.45) is 3.67. The second kappa shape index (κ2) is 4.14. The molecule has 0 spiro atoms. The Morgan fingerprint density at radius 3 is 3.24 bits per heavy atom. The fourth-order valence-electron chi connectivity index (χ4n) is 2.87. The Kier molecular flexibility index (Phi) is 2.63. The SMILES string of the molecule is Cc1ncoc1C(=O)N1CCC2CCNC2C1. The van der Waals surface area contributed by atoms with Crippen LogP contribution in [0.3, 0.4) is 0 Å². The van der Waals surface area contributed by atoms with Crippen molar-refractivity contribution in [2.75, 3.05) is 19.6 Å². The molecular weight excluding hydrogens is 218 g/mol. The summed E-state index contributed by atoms with van der Waals surface area (Å²) in [5, 5.41) is 3.46. The Bertz CT molecular complexity index is 429. The third-order valence-corrected chi connectivity index (χ3v) is 3.90. The van der Waals surface area contributed by atoms with Crippen LogP contribution < -0.4 is 5.32 Å². The van der Waals surface area contributed by atoms with Crippen LogP contribution in [-0.4, -0.2) is 41.5 Å². The molecule has 1 N–H and O–H groups in total. The Hall–Kier alpha value is -1.36. The summed E-state index contributed by atoms with van der Waals surface area (Å²) < 4.78 is 5.17. The van der Waals surface area contributed by atoms with Crippen molar-refractivity contribution in [3.63, 3.8) is 0 Å². The smallest absolute Gasteiger partial charge is 0.291 e. The minimum atomic E-state index is -0.0212. The molecule has 2 aliphatic rings. The van der Waals surface area contributed by atoms with Crippen LogP contribution in [0.1, 0.15) is 29.1 Å². The van der Waals surface area contributed by atoms with Crippen LogP contribution in [0.4, 0.5) is 0 Å². The Balaban J connectivity index is 1.73. The number of carbonyl (C=O) groups excluding carboxylic acids is 1. The number of fused-ring (bicyclic) bond motifs is 1. The molecule has 0 aromatic carbocycles. The van der Waals surface area contributed by atoms with Gasteiger partial charge in [0.15, 0.2) is 6.39 Å². The van der Waals surface area contributed by atoms with E-state index in [9.17, 15) is 4.79 Å². The minimum absolute atomic E-state index is 0.0212. The van der Waals surface area contributed by atoms with E-state index in [2.05, 4.69) is 10.3 Å². The first-order chi connectivity index (χ1) is 8.25. The van der Waals surface area contributed by atoms with Crippen LogP contribution in [0.2, 0.25) is 0 Å². The van der Waals surface area contributed by atoms with Crippen molar-refractivity contribution in [2.24, 2.45) is 5.92 Å². The van der Waals surface area contributed by atoms with Gasteiger partial charge in [-0.2, -0.15) is 0 Å². The molecule has 2 aliphatic heterocycles. The maximum atomic E-state index is 12.2. The first-order valence-electron chi connectivity index (χ1n) is 6.18. The predicted molar refractivity (Wildman–Crippen MR) is 61.7 cm³/mol. The highest BCUT2D eigenvalue weighted by Gasteiger charge is 2.35.